The van der Waals surface area contributed by atoms with Crippen LogP contribution in [0.5, 0.6) is 0 Å². The van der Waals surface area contributed by atoms with Crippen LogP contribution in [0.3, 0.4) is 0 Å². The molecule has 2 fully saturated rings. The molecular formula is C17H26F3N5O. The summed E-state index contributed by atoms with van der Waals surface area (Å²) in [4.78, 5) is 12.1. The number of hydrogen-bond donors (Lipinski definition) is 1. The Labute approximate surface area is 151 Å². The summed E-state index contributed by atoms with van der Waals surface area (Å²) in [6.07, 6.45) is -0.597. The number of nitrogens with zero attached hydrogens (tertiary/aromatic N) is 4. The monoisotopic (exact) mass is 373 g/mol. The van der Waals surface area contributed by atoms with Gasteiger partial charge in [0.25, 0.3) is 0 Å². The first-order chi connectivity index (χ1) is 12.5. The van der Waals surface area contributed by atoms with Crippen molar-refractivity contribution in [2.75, 3.05) is 57.8 Å². The number of ether oxygens (including phenoxy) is 1. The first-order valence-electron chi connectivity index (χ1n) is 9.19. The predicted octanol–water partition coefficient (Wildman–Crippen LogP) is 2.09. The van der Waals surface area contributed by atoms with Gasteiger partial charge in [-0.15, -0.1) is 0 Å². The zero-order valence-electron chi connectivity index (χ0n) is 14.8. The van der Waals surface area contributed by atoms with Crippen LogP contribution in [0.1, 0.15) is 25.0 Å². The summed E-state index contributed by atoms with van der Waals surface area (Å²) >= 11 is 0. The van der Waals surface area contributed by atoms with Gasteiger partial charge in [-0.1, -0.05) is 0 Å². The topological polar surface area (TPSA) is 53.5 Å². The summed E-state index contributed by atoms with van der Waals surface area (Å²) in [7, 11) is 0. The second kappa shape index (κ2) is 8.96. The van der Waals surface area contributed by atoms with Crippen molar-refractivity contribution in [2.45, 2.75) is 31.5 Å². The highest BCUT2D eigenvalue weighted by molar-refractivity contribution is 5.36. The summed E-state index contributed by atoms with van der Waals surface area (Å²) in [5.41, 5.74) is -0.908. The molecule has 0 aromatic carbocycles. The molecule has 0 spiro atoms. The minimum absolute atomic E-state index is 0.147. The van der Waals surface area contributed by atoms with Crippen molar-refractivity contribution in [3.8, 4) is 0 Å². The quantitative estimate of drug-likeness (QED) is 0.853. The molecule has 0 saturated carbocycles. The minimum Gasteiger partial charge on any atom is -0.380 e. The maximum Gasteiger partial charge on any atom is 0.433 e. The summed E-state index contributed by atoms with van der Waals surface area (Å²) in [6.45, 7) is 7.71. The van der Waals surface area contributed by atoms with Crippen LogP contribution in [0.25, 0.3) is 0 Å². The molecule has 0 radical (unpaired) electrons. The van der Waals surface area contributed by atoms with Crippen molar-refractivity contribution in [2.24, 2.45) is 0 Å². The Bertz CT molecular complexity index is 556. The van der Waals surface area contributed by atoms with Crippen molar-refractivity contribution in [3.63, 3.8) is 0 Å². The number of piperidine rings is 1. The average Bonchev–Trinajstić information content (AvgIpc) is 2.89. The number of alkyl halides is 3. The highest BCUT2D eigenvalue weighted by atomic mass is 19.4. The molecule has 2 aliphatic rings. The number of hydrogen-bond acceptors (Lipinski definition) is 6. The van der Waals surface area contributed by atoms with Crippen LogP contribution in [0.2, 0.25) is 0 Å². The molecule has 0 aliphatic carbocycles. The molecule has 3 rings (SSSR count). The van der Waals surface area contributed by atoms with E-state index in [1.807, 2.05) is 0 Å². The Hall–Kier alpha value is -1.45. The van der Waals surface area contributed by atoms with Gasteiger partial charge in [0.05, 0.1) is 6.61 Å². The Balaban J connectivity index is 1.41. The third-order valence-electron chi connectivity index (χ3n) is 4.94. The Kier molecular flexibility index (Phi) is 6.66. The van der Waals surface area contributed by atoms with Gasteiger partial charge in [-0.05, 0) is 19.3 Å². The molecule has 1 aromatic heterocycles. The molecule has 0 bridgehead atoms. The molecular weight excluding hydrogens is 347 g/mol. The number of halogens is 3. The van der Waals surface area contributed by atoms with Gasteiger partial charge >= 0.3 is 6.18 Å². The lowest BCUT2D eigenvalue weighted by Crippen LogP contribution is -2.43. The molecule has 0 amide bonds. The van der Waals surface area contributed by atoms with E-state index in [1.54, 1.807) is 0 Å². The van der Waals surface area contributed by atoms with Gasteiger partial charge in [0.2, 0.25) is 0 Å². The fourth-order valence-electron chi connectivity index (χ4n) is 3.41. The third kappa shape index (κ3) is 5.78. The van der Waals surface area contributed by atoms with Gasteiger partial charge in [-0.2, -0.15) is 13.2 Å². The summed E-state index contributed by atoms with van der Waals surface area (Å²) in [6, 6.07) is 1.13. The van der Waals surface area contributed by atoms with Crippen molar-refractivity contribution in [1.29, 1.82) is 0 Å². The Morgan fingerprint density at radius 1 is 1.04 bits per heavy atom. The number of nitrogens with one attached hydrogen (secondary N) is 1. The van der Waals surface area contributed by atoms with Gasteiger partial charge in [-0.25, -0.2) is 9.97 Å². The first kappa shape index (κ1) is 19.3. The zero-order valence-corrected chi connectivity index (χ0v) is 14.8. The minimum atomic E-state index is -4.44. The van der Waals surface area contributed by atoms with Gasteiger partial charge in [0.1, 0.15) is 17.8 Å². The molecule has 1 N–H and O–H groups in total. The lowest BCUT2D eigenvalue weighted by molar-refractivity contribution is -0.141. The molecule has 26 heavy (non-hydrogen) atoms. The number of anilines is 1. The van der Waals surface area contributed by atoms with E-state index in [2.05, 4.69) is 25.1 Å². The summed E-state index contributed by atoms with van der Waals surface area (Å²) < 4.78 is 43.6. The molecule has 3 heterocycles. The van der Waals surface area contributed by atoms with E-state index in [4.69, 9.17) is 4.74 Å². The van der Waals surface area contributed by atoms with Crippen LogP contribution in [0, 0.1) is 0 Å². The molecule has 0 atom stereocenters. The fraction of sp³-hybridized carbons (Fsp3) is 0.765. The van der Waals surface area contributed by atoms with E-state index in [-0.39, 0.29) is 11.9 Å². The number of likely N-dealkylation sites (tertiary alicyclic amines) is 1. The largest absolute Gasteiger partial charge is 0.433 e. The van der Waals surface area contributed by atoms with E-state index in [1.165, 1.54) is 0 Å². The second-order valence-corrected chi connectivity index (χ2v) is 6.85. The maximum absolute atomic E-state index is 12.7. The van der Waals surface area contributed by atoms with Crippen molar-refractivity contribution < 1.29 is 17.9 Å². The molecule has 6 nitrogen and oxygen atoms in total. The van der Waals surface area contributed by atoms with Crippen LogP contribution in [0.4, 0.5) is 19.0 Å². The molecule has 1 aromatic rings. The normalized spacial score (nSPS) is 21.5. The van der Waals surface area contributed by atoms with Crippen LogP contribution >= 0.6 is 0 Å². The first-order valence-corrected chi connectivity index (χ1v) is 9.19. The highest BCUT2D eigenvalue weighted by Crippen LogP contribution is 2.28. The van der Waals surface area contributed by atoms with Crippen LogP contribution in [-0.4, -0.2) is 78.3 Å². The molecule has 2 saturated heterocycles. The maximum atomic E-state index is 12.7. The van der Waals surface area contributed by atoms with Crippen molar-refractivity contribution in [1.82, 2.24) is 19.8 Å². The molecule has 2 aliphatic heterocycles. The van der Waals surface area contributed by atoms with E-state index >= 15 is 0 Å². The van der Waals surface area contributed by atoms with Crippen LogP contribution in [-0.2, 0) is 10.9 Å². The van der Waals surface area contributed by atoms with Gasteiger partial charge < -0.3 is 15.0 Å². The zero-order chi connectivity index (χ0) is 18.4. The molecule has 9 heteroatoms. The molecule has 0 unspecified atom stereocenters. The predicted molar refractivity (Wildman–Crippen MR) is 92.0 cm³/mol. The van der Waals surface area contributed by atoms with Crippen molar-refractivity contribution >= 4 is 5.82 Å². The number of rotatable bonds is 5. The van der Waals surface area contributed by atoms with Crippen molar-refractivity contribution in [3.05, 3.63) is 18.1 Å². The second-order valence-electron chi connectivity index (χ2n) is 6.85. The third-order valence-corrected chi connectivity index (χ3v) is 4.94. The summed E-state index contributed by atoms with van der Waals surface area (Å²) in [5.74, 6) is 0.246. The Morgan fingerprint density at radius 3 is 2.50 bits per heavy atom. The van der Waals surface area contributed by atoms with E-state index < -0.39 is 11.9 Å². The highest BCUT2D eigenvalue weighted by Gasteiger charge is 2.33. The van der Waals surface area contributed by atoms with Crippen LogP contribution < -0.4 is 5.32 Å². The summed E-state index contributed by atoms with van der Waals surface area (Å²) in [5, 5.41) is 3.12. The van der Waals surface area contributed by atoms with E-state index in [0.717, 1.165) is 84.1 Å². The van der Waals surface area contributed by atoms with E-state index in [0.29, 0.717) is 0 Å². The molecule has 146 valence electrons. The smallest absolute Gasteiger partial charge is 0.380 e. The van der Waals surface area contributed by atoms with Crippen LogP contribution in [0.15, 0.2) is 12.4 Å². The van der Waals surface area contributed by atoms with Gasteiger partial charge in [0.15, 0.2) is 0 Å². The lowest BCUT2D eigenvalue weighted by Gasteiger charge is -2.33. The van der Waals surface area contributed by atoms with E-state index in [9.17, 15) is 13.2 Å². The fourth-order valence-corrected chi connectivity index (χ4v) is 3.41. The standard InChI is InChI=1S/C17H26F3N5O/c18-17(19,20)15-12-16(22-13-21-15)23-14-2-5-25(6-3-14)8-7-24-4-1-10-26-11-9-24/h12-14H,1-11H2,(H,21,22,23). The van der Waals surface area contributed by atoms with Gasteiger partial charge in [-0.3, -0.25) is 4.90 Å². The lowest BCUT2D eigenvalue weighted by atomic mass is 10.1. The SMILES string of the molecule is FC(F)(F)c1cc(NC2CCN(CCN3CCCOCC3)CC2)ncn1. The average molecular weight is 373 g/mol. The van der Waals surface area contributed by atoms with Gasteiger partial charge in [0, 0.05) is 58.0 Å². The Morgan fingerprint density at radius 2 is 1.77 bits per heavy atom. The number of aromatic nitrogens is 2.